The molecule has 17 heavy (non-hydrogen) atoms. The summed E-state index contributed by atoms with van der Waals surface area (Å²) in [6.45, 7) is 3.28. The standard InChI is InChI=1S/C14H26N2O/c1-11-7-3-2-4-8-12(11)16-14(17)13-9-5-6-10-15-13/h11-13,15H,2-10H2,1H3,(H,16,17). The predicted molar refractivity (Wildman–Crippen MR) is 69.8 cm³/mol. The van der Waals surface area contributed by atoms with Crippen molar-refractivity contribution in [1.82, 2.24) is 10.6 Å². The summed E-state index contributed by atoms with van der Waals surface area (Å²) in [5.74, 6) is 0.883. The Hall–Kier alpha value is -0.570. The van der Waals surface area contributed by atoms with Gasteiger partial charge in [0.05, 0.1) is 6.04 Å². The third-order valence-electron chi connectivity index (χ3n) is 4.32. The van der Waals surface area contributed by atoms with E-state index in [1.807, 2.05) is 0 Å². The average Bonchev–Trinajstić information content (AvgIpc) is 2.56. The van der Waals surface area contributed by atoms with Crippen LogP contribution in [0.1, 0.15) is 58.3 Å². The highest BCUT2D eigenvalue weighted by molar-refractivity contribution is 5.82. The van der Waals surface area contributed by atoms with E-state index in [1.54, 1.807) is 0 Å². The molecule has 3 unspecified atom stereocenters. The van der Waals surface area contributed by atoms with Crippen LogP contribution in [0, 0.1) is 5.92 Å². The molecule has 1 saturated carbocycles. The zero-order chi connectivity index (χ0) is 12.1. The maximum Gasteiger partial charge on any atom is 0.237 e. The lowest BCUT2D eigenvalue weighted by Crippen LogP contribution is -2.50. The Bertz CT molecular complexity index is 249. The van der Waals surface area contributed by atoms with Gasteiger partial charge in [-0.25, -0.2) is 0 Å². The number of nitrogens with one attached hydrogen (secondary N) is 2. The van der Waals surface area contributed by atoms with Crippen molar-refractivity contribution in [2.24, 2.45) is 5.92 Å². The Morgan fingerprint density at radius 2 is 1.82 bits per heavy atom. The van der Waals surface area contributed by atoms with Crippen molar-refractivity contribution >= 4 is 5.91 Å². The van der Waals surface area contributed by atoms with Gasteiger partial charge in [0.1, 0.15) is 0 Å². The van der Waals surface area contributed by atoms with E-state index < -0.39 is 0 Å². The van der Waals surface area contributed by atoms with Gasteiger partial charge in [-0.2, -0.15) is 0 Å². The largest absolute Gasteiger partial charge is 0.352 e. The average molecular weight is 238 g/mol. The maximum atomic E-state index is 12.2. The van der Waals surface area contributed by atoms with Gasteiger partial charge in [0.15, 0.2) is 0 Å². The van der Waals surface area contributed by atoms with Crippen molar-refractivity contribution in [2.45, 2.75) is 70.4 Å². The molecule has 3 atom stereocenters. The van der Waals surface area contributed by atoms with E-state index in [-0.39, 0.29) is 11.9 Å². The normalized spacial score (nSPS) is 35.0. The van der Waals surface area contributed by atoms with Gasteiger partial charge in [-0.1, -0.05) is 32.6 Å². The molecular formula is C14H26N2O. The lowest BCUT2D eigenvalue weighted by atomic mass is 9.96. The van der Waals surface area contributed by atoms with E-state index in [2.05, 4.69) is 17.6 Å². The molecule has 2 aliphatic rings. The second-order valence-electron chi connectivity index (χ2n) is 5.73. The Morgan fingerprint density at radius 1 is 1.06 bits per heavy atom. The molecule has 0 aromatic carbocycles. The summed E-state index contributed by atoms with van der Waals surface area (Å²) in [5, 5.41) is 6.60. The first-order valence-electron chi connectivity index (χ1n) is 7.31. The molecular weight excluding hydrogens is 212 g/mol. The molecule has 98 valence electrons. The Morgan fingerprint density at radius 3 is 2.59 bits per heavy atom. The van der Waals surface area contributed by atoms with E-state index in [9.17, 15) is 4.79 Å². The highest BCUT2D eigenvalue weighted by atomic mass is 16.2. The quantitative estimate of drug-likeness (QED) is 0.724. The third-order valence-corrected chi connectivity index (χ3v) is 4.32. The molecule has 2 fully saturated rings. The van der Waals surface area contributed by atoms with Crippen LogP contribution < -0.4 is 10.6 Å². The Kier molecular flexibility index (Phi) is 4.84. The lowest BCUT2D eigenvalue weighted by Gasteiger charge is -2.28. The van der Waals surface area contributed by atoms with Gasteiger partial charge < -0.3 is 10.6 Å². The molecule has 0 radical (unpaired) electrons. The number of hydrogen-bond donors (Lipinski definition) is 2. The molecule has 0 aromatic rings. The number of hydrogen-bond acceptors (Lipinski definition) is 2. The lowest BCUT2D eigenvalue weighted by molar-refractivity contribution is -0.124. The first-order valence-corrected chi connectivity index (χ1v) is 7.31. The van der Waals surface area contributed by atoms with Crippen LogP contribution in [0.25, 0.3) is 0 Å². The fourth-order valence-electron chi connectivity index (χ4n) is 3.07. The van der Waals surface area contributed by atoms with Crippen LogP contribution in [0.4, 0.5) is 0 Å². The first-order chi connectivity index (χ1) is 8.27. The van der Waals surface area contributed by atoms with E-state index >= 15 is 0 Å². The van der Waals surface area contributed by atoms with E-state index in [0.717, 1.165) is 13.0 Å². The zero-order valence-electron chi connectivity index (χ0n) is 11.0. The topological polar surface area (TPSA) is 41.1 Å². The molecule has 1 saturated heterocycles. The zero-order valence-corrected chi connectivity index (χ0v) is 11.0. The minimum absolute atomic E-state index is 0.0687. The molecule has 3 nitrogen and oxygen atoms in total. The van der Waals surface area contributed by atoms with Gasteiger partial charge in [0.2, 0.25) is 5.91 Å². The SMILES string of the molecule is CC1CCCCCC1NC(=O)C1CCCCN1. The Balaban J connectivity index is 1.83. The second-order valence-corrected chi connectivity index (χ2v) is 5.73. The first kappa shape index (κ1) is 12.9. The van der Waals surface area contributed by atoms with Crippen LogP contribution in [0.15, 0.2) is 0 Å². The van der Waals surface area contributed by atoms with Crippen LogP contribution in [0.3, 0.4) is 0 Å². The van der Waals surface area contributed by atoms with Crippen molar-refractivity contribution in [1.29, 1.82) is 0 Å². The monoisotopic (exact) mass is 238 g/mol. The molecule has 1 heterocycles. The molecule has 1 aliphatic carbocycles. The van der Waals surface area contributed by atoms with Crippen molar-refractivity contribution in [2.75, 3.05) is 6.54 Å². The van der Waals surface area contributed by atoms with E-state index in [4.69, 9.17) is 0 Å². The van der Waals surface area contributed by atoms with Gasteiger partial charge in [0.25, 0.3) is 0 Å². The van der Waals surface area contributed by atoms with Crippen LogP contribution in [-0.2, 0) is 4.79 Å². The van der Waals surface area contributed by atoms with Crippen molar-refractivity contribution in [3.63, 3.8) is 0 Å². The molecule has 0 bridgehead atoms. The van der Waals surface area contributed by atoms with E-state index in [0.29, 0.717) is 12.0 Å². The number of piperidine rings is 1. The van der Waals surface area contributed by atoms with Crippen LogP contribution in [0.2, 0.25) is 0 Å². The summed E-state index contributed by atoms with van der Waals surface area (Å²) in [5.41, 5.74) is 0. The number of carbonyl (C=O) groups is 1. The Labute approximate surface area is 105 Å². The molecule has 3 heteroatoms. The molecule has 1 aliphatic heterocycles. The smallest absolute Gasteiger partial charge is 0.237 e. The number of amides is 1. The molecule has 2 N–H and O–H groups in total. The van der Waals surface area contributed by atoms with Crippen molar-refractivity contribution < 1.29 is 4.79 Å². The fourth-order valence-corrected chi connectivity index (χ4v) is 3.07. The molecule has 1 amide bonds. The predicted octanol–water partition coefficient (Wildman–Crippen LogP) is 2.21. The second kappa shape index (κ2) is 6.39. The van der Waals surface area contributed by atoms with Crippen molar-refractivity contribution in [3.05, 3.63) is 0 Å². The van der Waals surface area contributed by atoms with E-state index in [1.165, 1.54) is 44.9 Å². The van der Waals surface area contributed by atoms with Gasteiger partial charge >= 0.3 is 0 Å². The highest BCUT2D eigenvalue weighted by Crippen LogP contribution is 2.23. The van der Waals surface area contributed by atoms with Crippen LogP contribution >= 0.6 is 0 Å². The summed E-state index contributed by atoms with van der Waals surface area (Å²) in [6.07, 6.45) is 9.77. The summed E-state index contributed by atoms with van der Waals surface area (Å²) in [7, 11) is 0. The van der Waals surface area contributed by atoms with Gasteiger partial charge in [-0.15, -0.1) is 0 Å². The van der Waals surface area contributed by atoms with Gasteiger partial charge in [-0.05, 0) is 38.1 Å². The van der Waals surface area contributed by atoms with Crippen molar-refractivity contribution in [3.8, 4) is 0 Å². The van der Waals surface area contributed by atoms with Crippen LogP contribution in [0.5, 0.6) is 0 Å². The van der Waals surface area contributed by atoms with Crippen LogP contribution in [-0.4, -0.2) is 24.5 Å². The van der Waals surface area contributed by atoms with Gasteiger partial charge in [0, 0.05) is 6.04 Å². The fraction of sp³-hybridized carbons (Fsp3) is 0.929. The third kappa shape index (κ3) is 3.70. The number of carbonyl (C=O) groups excluding carboxylic acids is 1. The summed E-state index contributed by atoms with van der Waals surface area (Å²) in [6, 6.07) is 0.480. The minimum atomic E-state index is 0.0687. The van der Waals surface area contributed by atoms with Gasteiger partial charge in [-0.3, -0.25) is 4.79 Å². The summed E-state index contributed by atoms with van der Waals surface area (Å²) in [4.78, 5) is 12.2. The minimum Gasteiger partial charge on any atom is -0.352 e. The summed E-state index contributed by atoms with van der Waals surface area (Å²) >= 11 is 0. The molecule has 0 aromatic heterocycles. The molecule has 0 spiro atoms. The highest BCUT2D eigenvalue weighted by Gasteiger charge is 2.26. The maximum absolute atomic E-state index is 12.2. The summed E-state index contributed by atoms with van der Waals surface area (Å²) < 4.78 is 0. The molecule has 2 rings (SSSR count). The number of rotatable bonds is 2.